The van der Waals surface area contributed by atoms with Crippen LogP contribution in [0.5, 0.6) is 5.75 Å². The molecular weight excluding hydrogens is 450 g/mol. The molecule has 5 rings (SSSR count). The van der Waals surface area contributed by atoms with Crippen molar-refractivity contribution >= 4 is 17.3 Å². The van der Waals surface area contributed by atoms with Gasteiger partial charge in [0.15, 0.2) is 0 Å². The van der Waals surface area contributed by atoms with E-state index in [9.17, 15) is 9.90 Å². The Morgan fingerprint density at radius 1 is 1.09 bits per heavy atom. The Morgan fingerprint density at radius 2 is 1.88 bits per heavy atom. The van der Waals surface area contributed by atoms with Crippen LogP contribution in [0.25, 0.3) is 22.0 Å². The minimum atomic E-state index is -0.989. The molecule has 170 valence electrons. The van der Waals surface area contributed by atoms with E-state index >= 15 is 0 Å². The van der Waals surface area contributed by atoms with Gasteiger partial charge in [0.05, 0.1) is 11.4 Å². The molecule has 1 N–H and O–H groups in total. The molecule has 7 nitrogen and oxygen atoms in total. The van der Waals surface area contributed by atoms with Crippen LogP contribution in [-0.2, 0) is 13.2 Å². The number of oxazole rings is 1. The number of benzene rings is 2. The first-order valence-electron chi connectivity index (χ1n) is 10.6. The third kappa shape index (κ3) is 4.62. The van der Waals surface area contributed by atoms with Crippen molar-refractivity contribution in [3.8, 4) is 27.8 Å². The lowest BCUT2D eigenvalue weighted by Gasteiger charge is -2.06. The van der Waals surface area contributed by atoms with E-state index in [0.29, 0.717) is 30.5 Å². The molecule has 5 aromatic rings. The van der Waals surface area contributed by atoms with E-state index in [1.807, 2.05) is 79.0 Å². The number of carboxylic acids is 1. The summed E-state index contributed by atoms with van der Waals surface area (Å²) in [5.41, 5.74) is 3.34. The van der Waals surface area contributed by atoms with Gasteiger partial charge in [0.1, 0.15) is 35.1 Å². The van der Waals surface area contributed by atoms with Gasteiger partial charge in [0.25, 0.3) is 0 Å². The number of aromatic nitrogens is 3. The van der Waals surface area contributed by atoms with Crippen LogP contribution in [0.2, 0.25) is 0 Å². The second-order valence-electron chi connectivity index (χ2n) is 7.69. The Labute approximate surface area is 199 Å². The SMILES string of the molecule is Cc1oc(-c2ccccc2)nc1COc1ccc(Cn2cc(C(=O)O)c(-c3cccs3)n2)cc1. The van der Waals surface area contributed by atoms with Gasteiger partial charge in [0, 0.05) is 11.8 Å². The summed E-state index contributed by atoms with van der Waals surface area (Å²) in [6.07, 6.45) is 1.57. The number of hydrogen-bond donors (Lipinski definition) is 1. The lowest BCUT2D eigenvalue weighted by Crippen LogP contribution is -2.01. The topological polar surface area (TPSA) is 90.4 Å². The number of carboxylic acid groups (broad SMARTS) is 1. The third-order valence-electron chi connectivity index (χ3n) is 5.30. The molecule has 0 aliphatic rings. The monoisotopic (exact) mass is 471 g/mol. The molecule has 0 amide bonds. The van der Waals surface area contributed by atoms with Crippen LogP contribution in [0.4, 0.5) is 0 Å². The third-order valence-corrected chi connectivity index (χ3v) is 6.18. The van der Waals surface area contributed by atoms with Crippen molar-refractivity contribution in [2.75, 3.05) is 0 Å². The van der Waals surface area contributed by atoms with E-state index in [1.165, 1.54) is 11.3 Å². The highest BCUT2D eigenvalue weighted by molar-refractivity contribution is 7.13. The van der Waals surface area contributed by atoms with Crippen molar-refractivity contribution in [2.45, 2.75) is 20.1 Å². The van der Waals surface area contributed by atoms with E-state index in [1.54, 1.807) is 10.9 Å². The number of hydrogen-bond acceptors (Lipinski definition) is 6. The standard InChI is InChI=1S/C26H21N3O4S/c1-17-22(27-25(33-17)19-6-3-2-4-7-19)16-32-20-11-9-18(10-12-20)14-29-15-21(26(30)31)24(28-29)23-8-5-13-34-23/h2-13,15H,14,16H2,1H3,(H,30,31). The van der Waals surface area contributed by atoms with E-state index < -0.39 is 5.97 Å². The summed E-state index contributed by atoms with van der Waals surface area (Å²) in [7, 11) is 0. The largest absolute Gasteiger partial charge is 0.487 e. The molecule has 0 atom stereocenters. The smallest absolute Gasteiger partial charge is 0.339 e. The lowest BCUT2D eigenvalue weighted by atomic mass is 10.2. The first-order chi connectivity index (χ1) is 16.6. The average Bonchev–Trinajstić information content (AvgIpc) is 3.59. The van der Waals surface area contributed by atoms with Gasteiger partial charge < -0.3 is 14.3 Å². The van der Waals surface area contributed by atoms with Crippen molar-refractivity contribution in [1.82, 2.24) is 14.8 Å². The maximum absolute atomic E-state index is 11.6. The highest BCUT2D eigenvalue weighted by Gasteiger charge is 2.18. The first-order valence-corrected chi connectivity index (χ1v) is 11.5. The molecule has 3 heterocycles. The molecule has 0 aliphatic carbocycles. The van der Waals surface area contributed by atoms with Gasteiger partial charge in [-0.3, -0.25) is 4.68 Å². The Kier molecular flexibility index (Phi) is 5.97. The molecule has 0 radical (unpaired) electrons. The Balaban J connectivity index is 1.25. The van der Waals surface area contributed by atoms with Crippen LogP contribution < -0.4 is 4.74 Å². The van der Waals surface area contributed by atoms with E-state index in [4.69, 9.17) is 9.15 Å². The second-order valence-corrected chi connectivity index (χ2v) is 8.64. The van der Waals surface area contributed by atoms with E-state index in [-0.39, 0.29) is 5.56 Å². The molecule has 2 aromatic carbocycles. The lowest BCUT2D eigenvalue weighted by molar-refractivity contribution is 0.0697. The molecule has 3 aromatic heterocycles. The molecule has 0 bridgehead atoms. The molecule has 0 spiro atoms. The van der Waals surface area contributed by atoms with E-state index in [0.717, 1.165) is 27.5 Å². The zero-order valence-electron chi connectivity index (χ0n) is 18.3. The molecule has 8 heteroatoms. The summed E-state index contributed by atoms with van der Waals surface area (Å²) < 4.78 is 13.3. The minimum absolute atomic E-state index is 0.195. The van der Waals surface area contributed by atoms with Crippen LogP contribution in [0.15, 0.2) is 82.7 Å². The number of aromatic carboxylic acids is 1. The fraction of sp³-hybridized carbons (Fsp3) is 0.115. The highest BCUT2D eigenvalue weighted by atomic mass is 32.1. The summed E-state index contributed by atoms with van der Waals surface area (Å²) >= 11 is 1.47. The molecule has 0 fully saturated rings. The number of carbonyl (C=O) groups is 1. The number of nitrogens with zero attached hydrogens (tertiary/aromatic N) is 3. The number of thiophene rings is 1. The van der Waals surface area contributed by atoms with Crippen LogP contribution in [0, 0.1) is 6.92 Å². The molecule has 0 aliphatic heterocycles. The quantitative estimate of drug-likeness (QED) is 0.303. The van der Waals surface area contributed by atoms with Crippen molar-refractivity contribution in [1.29, 1.82) is 0 Å². The van der Waals surface area contributed by atoms with Crippen LogP contribution in [0.3, 0.4) is 0 Å². The molecule has 0 saturated carbocycles. The van der Waals surface area contributed by atoms with Gasteiger partial charge in [-0.25, -0.2) is 9.78 Å². The molecule has 34 heavy (non-hydrogen) atoms. The average molecular weight is 472 g/mol. The Hall–Kier alpha value is -4.17. The first kappa shape index (κ1) is 21.7. The van der Waals surface area contributed by atoms with Crippen LogP contribution in [-0.4, -0.2) is 25.8 Å². The second kappa shape index (κ2) is 9.36. The van der Waals surface area contributed by atoms with Gasteiger partial charge in [-0.1, -0.05) is 36.4 Å². The number of rotatable bonds is 8. The van der Waals surface area contributed by atoms with Gasteiger partial charge >= 0.3 is 5.97 Å². The normalized spacial score (nSPS) is 11.0. The van der Waals surface area contributed by atoms with Crippen LogP contribution >= 0.6 is 11.3 Å². The molecular formula is C26H21N3O4S. The van der Waals surface area contributed by atoms with Gasteiger partial charge in [0.2, 0.25) is 5.89 Å². The Bertz CT molecular complexity index is 1400. The maximum atomic E-state index is 11.6. The fourth-order valence-electron chi connectivity index (χ4n) is 3.55. The summed E-state index contributed by atoms with van der Waals surface area (Å²) in [5, 5.41) is 15.9. The van der Waals surface area contributed by atoms with Gasteiger partial charge in [-0.15, -0.1) is 11.3 Å². The summed E-state index contributed by atoms with van der Waals surface area (Å²) in [6.45, 7) is 2.63. The number of ether oxygens (including phenoxy) is 1. The van der Waals surface area contributed by atoms with Crippen molar-refractivity contribution in [2.24, 2.45) is 0 Å². The minimum Gasteiger partial charge on any atom is -0.487 e. The number of aryl methyl sites for hydroxylation is 1. The van der Waals surface area contributed by atoms with Crippen molar-refractivity contribution in [3.05, 3.63) is 101 Å². The van der Waals surface area contributed by atoms with Crippen LogP contribution in [0.1, 0.15) is 27.4 Å². The zero-order chi connectivity index (χ0) is 23.5. The molecule has 0 saturated heterocycles. The van der Waals surface area contributed by atoms with E-state index in [2.05, 4.69) is 10.1 Å². The summed E-state index contributed by atoms with van der Waals surface area (Å²) in [6, 6.07) is 21.1. The fourth-order valence-corrected chi connectivity index (χ4v) is 4.27. The van der Waals surface area contributed by atoms with Crippen molar-refractivity contribution in [3.63, 3.8) is 0 Å². The van der Waals surface area contributed by atoms with Gasteiger partial charge in [-0.05, 0) is 48.2 Å². The zero-order valence-corrected chi connectivity index (χ0v) is 19.2. The maximum Gasteiger partial charge on any atom is 0.339 e. The predicted octanol–water partition coefficient (Wildman–Crippen LogP) is 5.90. The predicted molar refractivity (Wildman–Crippen MR) is 129 cm³/mol. The molecule has 0 unspecified atom stereocenters. The summed E-state index contributed by atoms with van der Waals surface area (Å²) in [4.78, 5) is 17.0. The highest BCUT2D eigenvalue weighted by Crippen LogP contribution is 2.27. The Morgan fingerprint density at radius 3 is 2.59 bits per heavy atom. The van der Waals surface area contributed by atoms with Gasteiger partial charge in [-0.2, -0.15) is 5.10 Å². The van der Waals surface area contributed by atoms with Crippen molar-refractivity contribution < 1.29 is 19.1 Å². The summed E-state index contributed by atoms with van der Waals surface area (Å²) in [5.74, 6) is 1.02.